The van der Waals surface area contributed by atoms with E-state index in [0.717, 1.165) is 19.5 Å². The van der Waals surface area contributed by atoms with E-state index >= 15 is 0 Å². The molecule has 4 saturated carbocycles. The molecule has 51 heavy (non-hydrogen) atoms. The van der Waals surface area contributed by atoms with Crippen molar-refractivity contribution in [2.45, 2.75) is 124 Å². The molecule has 6 aliphatic carbocycles. The van der Waals surface area contributed by atoms with Gasteiger partial charge in [-0.25, -0.2) is 8.42 Å². The Labute approximate surface area is 308 Å². The van der Waals surface area contributed by atoms with E-state index in [4.69, 9.17) is 0 Å². The summed E-state index contributed by atoms with van der Waals surface area (Å²) < 4.78 is 24.1. The van der Waals surface area contributed by atoms with E-state index < -0.39 is 21.2 Å². The molecule has 0 aromatic heterocycles. The molecule has 4 unspecified atom stereocenters. The normalized spacial score (nSPS) is 45.9. The van der Waals surface area contributed by atoms with Gasteiger partial charge in [-0.3, -0.25) is 4.79 Å². The molecule has 0 aromatic rings. The van der Waals surface area contributed by atoms with E-state index in [1.54, 1.807) is 0 Å². The molecule has 10 atom stereocenters. The monoisotopic (exact) mass is 719 g/mol. The maximum atomic E-state index is 12.0. The average molecular weight is 720 g/mol. The van der Waals surface area contributed by atoms with Gasteiger partial charge in [-0.05, 0) is 146 Å². The minimum Gasteiger partial charge on any atom is -0.480 e. The van der Waals surface area contributed by atoms with Crippen molar-refractivity contribution in [3.63, 3.8) is 0 Å². The summed E-state index contributed by atoms with van der Waals surface area (Å²) in [7, 11) is -2.87. The van der Waals surface area contributed by atoms with Gasteiger partial charge >= 0.3 is 5.97 Å². The van der Waals surface area contributed by atoms with Crippen molar-refractivity contribution < 1.29 is 18.3 Å². The predicted octanol–water partition coefficient (Wildman–Crippen LogP) is 7.96. The third-order valence-electron chi connectivity index (χ3n) is 17.5. The Hall–Kier alpha value is -1.95. The van der Waals surface area contributed by atoms with Gasteiger partial charge in [0.2, 0.25) is 0 Å². The number of hydrogen-bond acceptors (Lipinski definition) is 6. The van der Waals surface area contributed by atoms with Crippen LogP contribution in [-0.2, 0) is 14.6 Å². The van der Waals surface area contributed by atoms with Crippen LogP contribution in [0.4, 0.5) is 0 Å². The van der Waals surface area contributed by atoms with E-state index in [9.17, 15) is 23.6 Å². The summed E-state index contributed by atoms with van der Waals surface area (Å²) >= 11 is 0. The molecule has 5 fully saturated rings. The quantitative estimate of drug-likeness (QED) is 0.257. The molecular weight excluding hydrogens is 655 g/mol. The molecule has 0 amide bonds. The highest BCUT2D eigenvalue weighted by atomic mass is 32.2. The molecule has 8 heteroatoms. The Kier molecular flexibility index (Phi) is 9.20. The number of carboxylic acids is 1. The molecule has 7 rings (SSSR count). The summed E-state index contributed by atoms with van der Waals surface area (Å²) in [6.07, 6.45) is 17.1. The molecule has 1 aliphatic heterocycles. The van der Waals surface area contributed by atoms with Crippen LogP contribution in [0.3, 0.4) is 0 Å². The molecule has 282 valence electrons. The fourth-order valence-electron chi connectivity index (χ4n) is 14.5. The maximum absolute atomic E-state index is 12.0. The molecule has 0 radical (unpaired) electrons. The lowest BCUT2D eigenvalue weighted by Crippen LogP contribution is -2.68. The van der Waals surface area contributed by atoms with Crippen LogP contribution < -0.4 is 5.32 Å². The van der Waals surface area contributed by atoms with Gasteiger partial charge in [-0.15, -0.1) is 0 Å². The smallest absolute Gasteiger partial charge is 0.324 e. The molecule has 7 aliphatic rings. The maximum Gasteiger partial charge on any atom is 0.324 e. The highest BCUT2D eigenvalue weighted by molar-refractivity contribution is 7.91. The van der Waals surface area contributed by atoms with E-state index in [0.29, 0.717) is 73.4 Å². The largest absolute Gasteiger partial charge is 0.480 e. The van der Waals surface area contributed by atoms with Crippen LogP contribution in [0.5, 0.6) is 0 Å². The van der Waals surface area contributed by atoms with Gasteiger partial charge in [0.1, 0.15) is 0 Å². The van der Waals surface area contributed by atoms with Crippen molar-refractivity contribution in [3.05, 3.63) is 35.5 Å². The summed E-state index contributed by atoms with van der Waals surface area (Å²) in [5.74, 6) is 2.63. The van der Waals surface area contributed by atoms with Crippen molar-refractivity contribution in [3.8, 4) is 6.07 Å². The Morgan fingerprint density at radius 1 is 0.961 bits per heavy atom. The summed E-state index contributed by atoms with van der Waals surface area (Å²) in [4.78, 5) is 14.3. The second-order valence-electron chi connectivity index (χ2n) is 19.7. The number of fused-ring (bicyclic) bond motifs is 7. The lowest BCUT2D eigenvalue weighted by atomic mass is 9.33. The standard InChI is InChI=1S/C43H65N3O4S/c1-29(2)31-12-19-43(45-22-23-46-24-26-51(49,50)27-25-46)21-20-40(6)33(36(31)43)8-9-35-39(5)15-13-32(38(3,4)34(39)14-16-41(35,40)7)30-10-17-42(28-44,18-11-30)37(47)48/h10,13,31,33-36,45H,1,8-9,11-12,14-27H2,2-7H3,(H,47,48)/t31-,33+,34?,35?,36?,39-,40+,41+,42?,43-/m0/s1. The van der Waals surface area contributed by atoms with E-state index in [-0.39, 0.29) is 27.2 Å². The van der Waals surface area contributed by atoms with Crippen molar-refractivity contribution in [1.29, 1.82) is 5.26 Å². The van der Waals surface area contributed by atoms with Crippen LogP contribution in [0.1, 0.15) is 119 Å². The highest BCUT2D eigenvalue weighted by Crippen LogP contribution is 2.76. The summed E-state index contributed by atoms with van der Waals surface area (Å²) in [5.41, 5.74) is 3.63. The fraction of sp³-hybridized carbons (Fsp3) is 0.814. The average Bonchev–Trinajstić information content (AvgIpc) is 3.46. The van der Waals surface area contributed by atoms with E-state index in [2.05, 4.69) is 76.6 Å². The first-order chi connectivity index (χ1) is 23.9. The number of rotatable bonds is 7. The molecule has 0 aromatic carbocycles. The molecule has 7 nitrogen and oxygen atoms in total. The zero-order chi connectivity index (χ0) is 36.8. The molecule has 0 bridgehead atoms. The summed E-state index contributed by atoms with van der Waals surface area (Å²) in [6, 6.07) is 2.13. The third kappa shape index (κ3) is 5.59. The van der Waals surface area contributed by atoms with Gasteiger partial charge < -0.3 is 15.3 Å². The van der Waals surface area contributed by atoms with Crippen LogP contribution in [0.25, 0.3) is 0 Å². The first-order valence-corrected chi connectivity index (χ1v) is 22.1. The number of nitrogens with one attached hydrogen (secondary N) is 1. The van der Waals surface area contributed by atoms with Crippen molar-refractivity contribution in [2.24, 2.45) is 56.7 Å². The fourth-order valence-corrected chi connectivity index (χ4v) is 15.8. The van der Waals surface area contributed by atoms with Crippen molar-refractivity contribution in [2.75, 3.05) is 37.7 Å². The lowest BCUT2D eigenvalue weighted by Gasteiger charge is -2.72. The second kappa shape index (κ2) is 12.6. The Morgan fingerprint density at radius 3 is 2.31 bits per heavy atom. The molecule has 0 spiro atoms. The molecule has 2 N–H and O–H groups in total. The Bertz CT molecular complexity index is 1660. The number of aliphatic carboxylic acids is 1. The zero-order valence-electron chi connectivity index (χ0n) is 32.5. The Balaban J connectivity index is 1.13. The lowest BCUT2D eigenvalue weighted by molar-refractivity contribution is -0.221. The van der Waals surface area contributed by atoms with Crippen LogP contribution in [0, 0.1) is 68.0 Å². The number of allylic oxidation sites excluding steroid dienone is 5. The van der Waals surface area contributed by atoms with E-state index in [1.165, 1.54) is 68.1 Å². The van der Waals surface area contributed by atoms with E-state index in [1.807, 2.05) is 0 Å². The first kappa shape index (κ1) is 37.4. The summed E-state index contributed by atoms with van der Waals surface area (Å²) in [6.45, 7) is 23.0. The second-order valence-corrected chi connectivity index (χ2v) is 22.0. The third-order valence-corrected chi connectivity index (χ3v) is 19.1. The number of sulfone groups is 1. The SMILES string of the molecule is C=C(C)[C@@H]1CC[C@]2(NCCN3CCS(=O)(=O)CC3)CC[C@]3(C)[C@H](CCC4[C@@]5(C)CC=C(C6=CCC(C#N)(C(=O)O)CC6)C(C)(C)C5CC[C@]43C)C12. The number of nitrogens with zero attached hydrogens (tertiary/aromatic N) is 2. The van der Waals surface area contributed by atoms with Crippen LogP contribution in [-0.4, -0.2) is 67.6 Å². The number of hydrogen-bond donors (Lipinski definition) is 2. The zero-order valence-corrected chi connectivity index (χ0v) is 33.3. The molecule has 1 heterocycles. The van der Waals surface area contributed by atoms with Crippen molar-refractivity contribution >= 4 is 15.8 Å². The number of carbonyl (C=O) groups is 1. The van der Waals surface area contributed by atoms with Crippen molar-refractivity contribution in [1.82, 2.24) is 10.2 Å². The molecule has 1 saturated heterocycles. The van der Waals surface area contributed by atoms with Gasteiger partial charge in [0.05, 0.1) is 17.6 Å². The van der Waals surface area contributed by atoms with Gasteiger partial charge in [-0.1, -0.05) is 58.9 Å². The number of nitriles is 1. The van der Waals surface area contributed by atoms with Crippen LogP contribution in [0.2, 0.25) is 0 Å². The first-order valence-electron chi connectivity index (χ1n) is 20.3. The minimum atomic E-state index is -2.87. The van der Waals surface area contributed by atoms with Gasteiger partial charge in [0.25, 0.3) is 0 Å². The van der Waals surface area contributed by atoms with Gasteiger partial charge in [-0.2, -0.15) is 5.26 Å². The molecular formula is C43H65N3O4S. The topological polar surface area (TPSA) is 111 Å². The predicted molar refractivity (Wildman–Crippen MR) is 203 cm³/mol. The number of carboxylic acid groups (broad SMARTS) is 1. The van der Waals surface area contributed by atoms with Gasteiger partial charge in [0, 0.05) is 31.7 Å². The summed E-state index contributed by atoms with van der Waals surface area (Å²) in [5, 5.41) is 23.8. The highest BCUT2D eigenvalue weighted by Gasteiger charge is 2.70. The van der Waals surface area contributed by atoms with Gasteiger partial charge in [0.15, 0.2) is 15.3 Å². The van der Waals surface area contributed by atoms with Crippen LogP contribution >= 0.6 is 0 Å². The Morgan fingerprint density at radius 2 is 1.69 bits per heavy atom. The minimum absolute atomic E-state index is 0.00549. The van der Waals surface area contributed by atoms with Crippen LogP contribution in [0.15, 0.2) is 35.5 Å².